The van der Waals surface area contributed by atoms with Gasteiger partial charge in [0.1, 0.15) is 17.3 Å². The van der Waals surface area contributed by atoms with E-state index >= 15 is 0 Å². The summed E-state index contributed by atoms with van der Waals surface area (Å²) in [6.07, 6.45) is 0. The molecule has 2 N–H and O–H groups in total. The molecule has 0 atom stereocenters. The summed E-state index contributed by atoms with van der Waals surface area (Å²) in [7, 11) is 3.24. The average molecular weight is 378 g/mol. The molecule has 0 aliphatic carbocycles. The van der Waals surface area contributed by atoms with Crippen LogP contribution in [0.4, 0.5) is 5.82 Å². The molecule has 0 aliphatic heterocycles. The summed E-state index contributed by atoms with van der Waals surface area (Å²) in [6, 6.07) is 18.6. The van der Waals surface area contributed by atoms with Crippen LogP contribution in [0.15, 0.2) is 60.7 Å². The third kappa shape index (κ3) is 4.76. The van der Waals surface area contributed by atoms with E-state index in [9.17, 15) is 4.79 Å². The van der Waals surface area contributed by atoms with E-state index in [0.29, 0.717) is 18.9 Å². The first-order valence-corrected chi connectivity index (χ1v) is 8.81. The summed E-state index contributed by atoms with van der Waals surface area (Å²) in [5.41, 5.74) is 2.14. The molecule has 3 aromatic rings. The molecule has 0 spiro atoms. The Morgan fingerprint density at radius 3 is 2.00 bits per heavy atom. The van der Waals surface area contributed by atoms with Crippen LogP contribution in [0.25, 0.3) is 0 Å². The second-order valence-electron chi connectivity index (χ2n) is 5.96. The lowest BCUT2D eigenvalue weighted by molar-refractivity contribution is 0.0944. The molecule has 1 aromatic heterocycles. The summed E-state index contributed by atoms with van der Waals surface area (Å²) in [6.45, 7) is 0.885. The highest BCUT2D eigenvalue weighted by molar-refractivity contribution is 5.92. The highest BCUT2D eigenvalue weighted by atomic mass is 16.5. The van der Waals surface area contributed by atoms with Gasteiger partial charge in [0.2, 0.25) is 0 Å². The van der Waals surface area contributed by atoms with Crippen LogP contribution in [0.5, 0.6) is 11.5 Å². The number of carbonyl (C=O) groups is 1. The zero-order chi connectivity index (χ0) is 19.8. The van der Waals surface area contributed by atoms with Gasteiger partial charge in [-0.3, -0.25) is 4.79 Å². The Morgan fingerprint density at radius 2 is 1.43 bits per heavy atom. The topological polar surface area (TPSA) is 85.4 Å². The molecule has 0 unspecified atom stereocenters. The van der Waals surface area contributed by atoms with Gasteiger partial charge in [-0.05, 0) is 24.3 Å². The first-order valence-electron chi connectivity index (χ1n) is 8.81. The van der Waals surface area contributed by atoms with Crippen LogP contribution in [0.1, 0.15) is 21.6 Å². The monoisotopic (exact) mass is 378 g/mol. The quantitative estimate of drug-likeness (QED) is 0.627. The van der Waals surface area contributed by atoms with Crippen molar-refractivity contribution in [2.75, 3.05) is 19.5 Å². The molecule has 0 aliphatic rings. The molecule has 0 saturated carbocycles. The van der Waals surface area contributed by atoms with Crippen LogP contribution in [-0.4, -0.2) is 30.3 Å². The fraction of sp³-hybridized carbons (Fsp3) is 0.190. The number of methoxy groups -OCH3 is 2. The first kappa shape index (κ1) is 19.2. The lowest BCUT2D eigenvalue weighted by Gasteiger charge is -2.10. The molecule has 144 valence electrons. The van der Waals surface area contributed by atoms with Crippen molar-refractivity contribution in [2.45, 2.75) is 13.1 Å². The Kier molecular flexibility index (Phi) is 6.41. The van der Waals surface area contributed by atoms with E-state index in [0.717, 1.165) is 22.6 Å². The largest absolute Gasteiger partial charge is 0.496 e. The molecule has 7 nitrogen and oxygen atoms in total. The molecule has 1 heterocycles. The SMILES string of the molecule is COc1ccccc1CNC(=O)c1ccc(NCc2ccccc2OC)nn1. The smallest absolute Gasteiger partial charge is 0.272 e. The number of rotatable bonds is 8. The average Bonchev–Trinajstić information content (AvgIpc) is 2.76. The molecule has 3 rings (SSSR count). The fourth-order valence-corrected chi connectivity index (χ4v) is 2.70. The third-order valence-corrected chi connectivity index (χ3v) is 4.18. The van der Waals surface area contributed by atoms with Crippen LogP contribution in [0.2, 0.25) is 0 Å². The van der Waals surface area contributed by atoms with E-state index < -0.39 is 0 Å². The van der Waals surface area contributed by atoms with E-state index in [2.05, 4.69) is 20.8 Å². The Balaban J connectivity index is 1.57. The normalized spacial score (nSPS) is 10.2. The summed E-state index contributed by atoms with van der Waals surface area (Å²) < 4.78 is 10.6. The number of amides is 1. The maximum atomic E-state index is 12.3. The Morgan fingerprint density at radius 1 is 0.821 bits per heavy atom. The summed E-state index contributed by atoms with van der Waals surface area (Å²) in [5.74, 6) is 1.81. The van der Waals surface area contributed by atoms with Crippen molar-refractivity contribution in [3.8, 4) is 11.5 Å². The van der Waals surface area contributed by atoms with Gasteiger partial charge in [-0.2, -0.15) is 0 Å². The second kappa shape index (κ2) is 9.36. The molecule has 0 radical (unpaired) electrons. The molecule has 0 fully saturated rings. The second-order valence-corrected chi connectivity index (χ2v) is 5.96. The maximum absolute atomic E-state index is 12.3. The molecular formula is C21H22N4O3. The minimum Gasteiger partial charge on any atom is -0.496 e. The van der Waals surface area contributed by atoms with Crippen molar-refractivity contribution >= 4 is 11.7 Å². The van der Waals surface area contributed by atoms with E-state index in [4.69, 9.17) is 9.47 Å². The summed E-state index contributed by atoms with van der Waals surface area (Å²) in [5, 5.41) is 14.1. The Bertz CT molecular complexity index is 929. The highest BCUT2D eigenvalue weighted by Crippen LogP contribution is 2.19. The van der Waals surface area contributed by atoms with Crippen LogP contribution < -0.4 is 20.1 Å². The predicted molar refractivity (Wildman–Crippen MR) is 107 cm³/mol. The standard InChI is InChI=1S/C21H22N4O3/c1-27-18-9-5-3-7-15(18)13-22-20-12-11-17(24-25-20)21(26)23-14-16-8-4-6-10-19(16)28-2/h3-12H,13-14H2,1-2H3,(H,22,25)(H,23,26). The van der Waals surface area contributed by atoms with Gasteiger partial charge >= 0.3 is 0 Å². The van der Waals surface area contributed by atoms with Crippen molar-refractivity contribution in [1.82, 2.24) is 15.5 Å². The lowest BCUT2D eigenvalue weighted by Crippen LogP contribution is -2.24. The van der Waals surface area contributed by atoms with Crippen LogP contribution in [0.3, 0.4) is 0 Å². The van der Waals surface area contributed by atoms with E-state index in [-0.39, 0.29) is 11.6 Å². The highest BCUT2D eigenvalue weighted by Gasteiger charge is 2.10. The fourth-order valence-electron chi connectivity index (χ4n) is 2.70. The van der Waals surface area contributed by atoms with E-state index in [1.165, 1.54) is 0 Å². The van der Waals surface area contributed by atoms with Gasteiger partial charge in [0.05, 0.1) is 14.2 Å². The van der Waals surface area contributed by atoms with Crippen molar-refractivity contribution < 1.29 is 14.3 Å². The van der Waals surface area contributed by atoms with Gasteiger partial charge in [0, 0.05) is 24.2 Å². The van der Waals surface area contributed by atoms with Crippen molar-refractivity contribution in [3.63, 3.8) is 0 Å². The van der Waals surface area contributed by atoms with Crippen LogP contribution >= 0.6 is 0 Å². The van der Waals surface area contributed by atoms with Crippen LogP contribution in [-0.2, 0) is 13.1 Å². The maximum Gasteiger partial charge on any atom is 0.272 e. The number of nitrogens with one attached hydrogen (secondary N) is 2. The molecule has 0 saturated heterocycles. The number of para-hydroxylation sites is 2. The summed E-state index contributed by atoms with van der Waals surface area (Å²) >= 11 is 0. The van der Waals surface area contributed by atoms with Gasteiger partial charge in [-0.25, -0.2) is 0 Å². The number of anilines is 1. The van der Waals surface area contributed by atoms with E-state index in [1.807, 2.05) is 48.5 Å². The number of carbonyl (C=O) groups excluding carboxylic acids is 1. The molecule has 7 heteroatoms. The molecule has 0 bridgehead atoms. The zero-order valence-corrected chi connectivity index (χ0v) is 15.8. The van der Waals surface area contributed by atoms with Gasteiger partial charge in [-0.15, -0.1) is 10.2 Å². The Hall–Kier alpha value is -3.61. The van der Waals surface area contributed by atoms with Gasteiger partial charge < -0.3 is 20.1 Å². The van der Waals surface area contributed by atoms with Gasteiger partial charge in [0.15, 0.2) is 5.69 Å². The molecule has 28 heavy (non-hydrogen) atoms. The van der Waals surface area contributed by atoms with E-state index in [1.54, 1.807) is 26.4 Å². The summed E-state index contributed by atoms with van der Waals surface area (Å²) in [4.78, 5) is 12.3. The lowest BCUT2D eigenvalue weighted by atomic mass is 10.2. The number of hydrogen-bond donors (Lipinski definition) is 2. The third-order valence-electron chi connectivity index (χ3n) is 4.18. The number of nitrogens with zero attached hydrogens (tertiary/aromatic N) is 2. The number of hydrogen-bond acceptors (Lipinski definition) is 6. The Labute approximate surface area is 163 Å². The van der Waals surface area contributed by atoms with Crippen LogP contribution in [0, 0.1) is 0 Å². The van der Waals surface area contributed by atoms with Crippen molar-refractivity contribution in [2.24, 2.45) is 0 Å². The predicted octanol–water partition coefficient (Wildman–Crippen LogP) is 3.04. The zero-order valence-electron chi connectivity index (χ0n) is 15.8. The minimum absolute atomic E-state index is 0.248. The molecule has 2 aromatic carbocycles. The number of ether oxygens (including phenoxy) is 2. The number of benzene rings is 2. The first-order chi connectivity index (χ1) is 13.7. The minimum atomic E-state index is -0.297. The molecule has 1 amide bonds. The number of aromatic nitrogens is 2. The molecular weight excluding hydrogens is 356 g/mol. The van der Waals surface area contributed by atoms with Crippen molar-refractivity contribution in [1.29, 1.82) is 0 Å². The van der Waals surface area contributed by atoms with Gasteiger partial charge in [-0.1, -0.05) is 36.4 Å². The van der Waals surface area contributed by atoms with Gasteiger partial charge in [0.25, 0.3) is 5.91 Å². The van der Waals surface area contributed by atoms with Crippen molar-refractivity contribution in [3.05, 3.63) is 77.5 Å².